The number of para-hydroxylation sites is 5. The fourth-order valence-corrected chi connectivity index (χ4v) is 10.2. The second-order valence-corrected chi connectivity index (χ2v) is 17.8. The smallest absolute Gasteiger partial charge is 0.253 e. The first kappa shape index (κ1) is 32.9. The van der Waals surface area contributed by atoms with E-state index in [1.54, 1.807) is 0 Å². The molecule has 0 N–H and O–H groups in total. The first-order valence-electron chi connectivity index (χ1n) is 19.4. The third kappa shape index (κ3) is 4.44. The van der Waals surface area contributed by atoms with Crippen molar-refractivity contribution >= 4 is 74.3 Å². The lowest BCUT2D eigenvalue weighted by molar-refractivity contribution is 0.380. The van der Waals surface area contributed by atoms with Crippen molar-refractivity contribution in [3.05, 3.63) is 156 Å². The number of hydrogen-bond donors (Lipinski definition) is 0. The lowest BCUT2D eigenvalue weighted by atomic mass is 9.31. The van der Waals surface area contributed by atoms with Crippen LogP contribution in [0.3, 0.4) is 0 Å². The standard InChI is InChI=1S/C49H47BN4/c1-47(2,3)32-30-41-44-42(31-32)53-46-37(26-19-29-40(46)54(48(4,5)6)49(53,7)8)50(44)43-35-24-15-17-27-38(35)51(33-20-11-9-12-21-33)39-28-18-16-25-36(39)45(43)52(41)34-22-13-10-14-23-34/h9-31H,1-8H3. The monoisotopic (exact) mass is 702 g/mol. The zero-order chi connectivity index (χ0) is 37.3. The Balaban J connectivity index is 1.41. The van der Waals surface area contributed by atoms with Crippen LogP contribution in [0.1, 0.15) is 72.1 Å². The highest BCUT2D eigenvalue weighted by Crippen LogP contribution is 2.58. The molecule has 54 heavy (non-hydrogen) atoms. The van der Waals surface area contributed by atoms with Gasteiger partial charge in [-0.2, -0.15) is 0 Å². The summed E-state index contributed by atoms with van der Waals surface area (Å²) in [7, 11) is 0. The largest absolute Gasteiger partial charge is 0.342 e. The summed E-state index contributed by atoms with van der Waals surface area (Å²) in [5, 5.41) is 0. The molecule has 0 bridgehead atoms. The van der Waals surface area contributed by atoms with Gasteiger partial charge < -0.3 is 19.6 Å². The minimum Gasteiger partial charge on any atom is -0.342 e. The quantitative estimate of drug-likeness (QED) is 0.167. The maximum atomic E-state index is 2.69. The van der Waals surface area contributed by atoms with E-state index >= 15 is 0 Å². The Hall–Kier alpha value is -5.68. The molecule has 0 amide bonds. The summed E-state index contributed by atoms with van der Waals surface area (Å²) in [5.41, 5.74) is 18.5. The van der Waals surface area contributed by atoms with Crippen LogP contribution in [-0.2, 0) is 5.41 Å². The van der Waals surface area contributed by atoms with Crippen molar-refractivity contribution in [1.82, 2.24) is 0 Å². The highest BCUT2D eigenvalue weighted by Gasteiger charge is 2.56. The van der Waals surface area contributed by atoms with E-state index in [-0.39, 0.29) is 23.3 Å². The predicted molar refractivity (Wildman–Crippen MR) is 232 cm³/mol. The molecule has 4 aliphatic rings. The van der Waals surface area contributed by atoms with Crippen LogP contribution in [0.2, 0.25) is 0 Å². The van der Waals surface area contributed by atoms with E-state index in [0.717, 1.165) is 11.4 Å². The molecule has 6 aromatic carbocycles. The van der Waals surface area contributed by atoms with Crippen LogP contribution in [0.25, 0.3) is 11.2 Å². The molecule has 0 aliphatic carbocycles. The summed E-state index contributed by atoms with van der Waals surface area (Å²) in [5.74, 6) is 0. The van der Waals surface area contributed by atoms with E-state index in [9.17, 15) is 0 Å². The molecule has 0 radical (unpaired) electrons. The van der Waals surface area contributed by atoms with Gasteiger partial charge in [0.1, 0.15) is 5.66 Å². The number of anilines is 8. The van der Waals surface area contributed by atoms with Crippen LogP contribution in [0.4, 0.5) is 45.5 Å². The van der Waals surface area contributed by atoms with Gasteiger partial charge in [0.15, 0.2) is 0 Å². The molecule has 4 nitrogen and oxygen atoms in total. The van der Waals surface area contributed by atoms with Crippen LogP contribution in [0.5, 0.6) is 0 Å². The van der Waals surface area contributed by atoms with E-state index in [1.807, 2.05) is 0 Å². The third-order valence-electron chi connectivity index (χ3n) is 12.0. The summed E-state index contributed by atoms with van der Waals surface area (Å²) >= 11 is 0. The molecule has 4 heterocycles. The van der Waals surface area contributed by atoms with Gasteiger partial charge in [-0.3, -0.25) is 0 Å². The van der Waals surface area contributed by atoms with Crippen molar-refractivity contribution < 1.29 is 0 Å². The topological polar surface area (TPSA) is 13.0 Å². The average molecular weight is 703 g/mol. The first-order valence-corrected chi connectivity index (χ1v) is 19.4. The maximum Gasteiger partial charge on any atom is 0.253 e. The Morgan fingerprint density at radius 1 is 0.519 bits per heavy atom. The Morgan fingerprint density at radius 2 is 1.06 bits per heavy atom. The molecule has 4 aliphatic heterocycles. The van der Waals surface area contributed by atoms with Crippen LogP contribution in [0, 0.1) is 0 Å². The predicted octanol–water partition coefficient (Wildman–Crippen LogP) is 11.4. The zero-order valence-corrected chi connectivity index (χ0v) is 32.6. The van der Waals surface area contributed by atoms with E-state index in [0.29, 0.717) is 0 Å². The van der Waals surface area contributed by atoms with Crippen molar-refractivity contribution in [2.24, 2.45) is 0 Å². The van der Waals surface area contributed by atoms with Crippen molar-refractivity contribution in [3.63, 3.8) is 0 Å². The van der Waals surface area contributed by atoms with E-state index in [1.165, 1.54) is 72.9 Å². The molecule has 10 rings (SSSR count). The Labute approximate surface area is 321 Å². The molecule has 0 unspecified atom stereocenters. The van der Waals surface area contributed by atoms with Crippen LogP contribution in [0.15, 0.2) is 140 Å². The number of hydrogen-bond acceptors (Lipinski definition) is 4. The van der Waals surface area contributed by atoms with Gasteiger partial charge in [-0.05, 0) is 122 Å². The second kappa shape index (κ2) is 11.2. The molecule has 0 spiro atoms. The zero-order valence-electron chi connectivity index (χ0n) is 32.6. The molecule has 266 valence electrons. The second-order valence-electron chi connectivity index (χ2n) is 17.8. The van der Waals surface area contributed by atoms with Gasteiger partial charge in [-0.15, -0.1) is 0 Å². The molecule has 0 fully saturated rings. The minimum atomic E-state index is -0.323. The third-order valence-corrected chi connectivity index (χ3v) is 12.0. The van der Waals surface area contributed by atoms with Crippen molar-refractivity contribution in [2.75, 3.05) is 19.6 Å². The lowest BCUT2D eigenvalue weighted by Gasteiger charge is -2.50. The summed E-state index contributed by atoms with van der Waals surface area (Å²) in [6, 6.07) is 52.2. The van der Waals surface area contributed by atoms with Gasteiger partial charge in [0.25, 0.3) is 6.71 Å². The summed E-state index contributed by atoms with van der Waals surface area (Å²) < 4.78 is 0. The van der Waals surface area contributed by atoms with E-state index in [2.05, 4.69) is 215 Å². The summed E-state index contributed by atoms with van der Waals surface area (Å²) in [4.78, 5) is 10.4. The fourth-order valence-electron chi connectivity index (χ4n) is 10.2. The molecule has 0 atom stereocenters. The van der Waals surface area contributed by atoms with Crippen molar-refractivity contribution in [3.8, 4) is 0 Å². The van der Waals surface area contributed by atoms with Gasteiger partial charge in [0.2, 0.25) is 0 Å². The number of benzene rings is 6. The maximum absolute atomic E-state index is 2.69. The van der Waals surface area contributed by atoms with Gasteiger partial charge in [0, 0.05) is 33.9 Å². The van der Waals surface area contributed by atoms with Crippen LogP contribution < -0.4 is 30.5 Å². The van der Waals surface area contributed by atoms with Crippen LogP contribution >= 0.6 is 0 Å². The summed E-state index contributed by atoms with van der Waals surface area (Å²) in [6.07, 6.45) is 0. The first-order chi connectivity index (χ1) is 25.9. The molecule has 0 aromatic heterocycles. The normalized spacial score (nSPS) is 16.4. The van der Waals surface area contributed by atoms with Gasteiger partial charge >= 0.3 is 0 Å². The highest BCUT2D eigenvalue weighted by molar-refractivity contribution is 7.04. The molecule has 6 aromatic rings. The molecular formula is C49H47BN4. The SMILES string of the molecule is CC(C)(C)c1cc2c3c(c1)N1c4c(cccc4N(C(C)(C)C)C1(C)C)B3C1=C(c3ccccc3N(c3ccccc3)c3ccccc31)N2c1ccccc1. The minimum absolute atomic E-state index is 0.00849. The van der Waals surface area contributed by atoms with E-state index < -0.39 is 0 Å². The lowest BCUT2D eigenvalue weighted by Crippen LogP contribution is -2.62. The van der Waals surface area contributed by atoms with Crippen molar-refractivity contribution in [1.29, 1.82) is 0 Å². The Bertz CT molecular complexity index is 2520. The van der Waals surface area contributed by atoms with Crippen LogP contribution in [-0.4, -0.2) is 17.9 Å². The van der Waals surface area contributed by atoms with Gasteiger partial charge in [-0.1, -0.05) is 106 Å². The average Bonchev–Trinajstić information content (AvgIpc) is 3.33. The Kier molecular flexibility index (Phi) is 6.82. The molecule has 0 saturated carbocycles. The van der Waals surface area contributed by atoms with Gasteiger partial charge in [0.05, 0.1) is 28.4 Å². The van der Waals surface area contributed by atoms with E-state index in [4.69, 9.17) is 0 Å². The number of fused-ring (bicyclic) bond motifs is 7. The number of nitrogens with zero attached hydrogens (tertiary/aromatic N) is 4. The Morgan fingerprint density at radius 3 is 1.69 bits per heavy atom. The molecule has 0 saturated heterocycles. The molecule has 5 heteroatoms. The molecular weight excluding hydrogens is 655 g/mol. The summed E-state index contributed by atoms with van der Waals surface area (Å²) in [6.45, 7) is 18.9. The fraction of sp³-hybridized carbons (Fsp3) is 0.224. The highest BCUT2D eigenvalue weighted by atomic mass is 15.5. The number of rotatable bonds is 2. The van der Waals surface area contributed by atoms with Crippen molar-refractivity contribution in [2.45, 2.75) is 72.0 Å². The van der Waals surface area contributed by atoms with Gasteiger partial charge in [-0.25, -0.2) is 0 Å².